The van der Waals surface area contributed by atoms with E-state index < -0.39 is 84.2 Å². The summed E-state index contributed by atoms with van der Waals surface area (Å²) in [6.45, 7) is 0. The molecule has 0 amide bonds. The summed E-state index contributed by atoms with van der Waals surface area (Å²) < 4.78 is 22.1. The average molecular weight is 577 g/mol. The van der Waals surface area contributed by atoms with E-state index in [1.807, 2.05) is 0 Å². The fourth-order valence-corrected chi connectivity index (χ4v) is 108. The van der Waals surface area contributed by atoms with Crippen molar-refractivity contribution in [3.8, 4) is 0 Å². The third-order valence-electron chi connectivity index (χ3n) is 1.20. The molecule has 0 radical (unpaired) electrons. The molecule has 0 saturated carbocycles. The Morgan fingerprint density at radius 2 is 0.600 bits per heavy atom. The van der Waals surface area contributed by atoms with E-state index in [0.29, 0.717) is 0 Å². The van der Waals surface area contributed by atoms with E-state index in [1.165, 1.54) is 0 Å². The molecule has 4 saturated heterocycles. The summed E-state index contributed by atoms with van der Waals surface area (Å²) in [4.78, 5) is 0. The van der Waals surface area contributed by atoms with Gasteiger partial charge in [-0.15, -0.1) is 0 Å². The molecule has 4 aliphatic rings. The Kier molecular flexibility index (Phi) is 2.76. The molecular weight excluding hydrogens is 571 g/mol. The van der Waals surface area contributed by atoms with Crippen LogP contribution < -0.4 is 9.81 Å². The van der Waals surface area contributed by atoms with Crippen LogP contribution in [0.4, 0.5) is 0 Å². The Balaban J connectivity index is 1.90. The second-order valence-corrected chi connectivity index (χ2v) is 36.0. The zero-order chi connectivity index (χ0) is 6.55. The van der Waals surface area contributed by atoms with Crippen molar-refractivity contribution in [3.63, 3.8) is 0 Å². The molecule has 4 rings (SSSR count). The van der Waals surface area contributed by atoms with Crippen molar-refractivity contribution < 1.29 is 0 Å². The van der Waals surface area contributed by atoms with Gasteiger partial charge < -0.3 is 0 Å². The predicted molar refractivity (Wildman–Crippen MR) is 41.8 cm³/mol. The van der Waals surface area contributed by atoms with E-state index in [-0.39, 0.29) is 0 Å². The van der Waals surface area contributed by atoms with Crippen LogP contribution >= 0.6 is 0 Å². The van der Waals surface area contributed by atoms with Gasteiger partial charge in [-0.3, -0.25) is 0 Å². The van der Waals surface area contributed by atoms with Gasteiger partial charge in [0.1, 0.15) is 0 Å². The molecule has 0 aromatic heterocycles. The molecule has 0 aromatic rings. The first-order chi connectivity index (χ1) is 4.90. The van der Waals surface area contributed by atoms with Crippen LogP contribution in [0.1, 0.15) is 0 Å². The van der Waals surface area contributed by atoms with Crippen molar-refractivity contribution in [1.29, 1.82) is 0 Å². The number of rotatable bonds is 0. The molecular formula is H6N6Sb4. The van der Waals surface area contributed by atoms with Gasteiger partial charge in [-0.05, 0) is 0 Å². The first-order valence-electron chi connectivity index (χ1n) is 2.68. The first-order valence-corrected chi connectivity index (χ1v) is 18.0. The third kappa shape index (κ3) is 1.52. The molecule has 4 fully saturated rings. The van der Waals surface area contributed by atoms with Crippen molar-refractivity contribution in [2.24, 2.45) is 0 Å². The van der Waals surface area contributed by atoms with E-state index in [2.05, 4.69) is 9.81 Å². The van der Waals surface area contributed by atoms with Crippen molar-refractivity contribution in [2.75, 3.05) is 0 Å². The second kappa shape index (κ2) is 3.31. The van der Waals surface area contributed by atoms with Crippen LogP contribution in [0.15, 0.2) is 0 Å². The molecule has 0 atom stereocenters. The number of hydrogen-bond donors (Lipinski definition) is 6. The van der Waals surface area contributed by atoms with E-state index in [1.54, 1.807) is 0 Å². The summed E-state index contributed by atoms with van der Waals surface area (Å²) in [7, 11) is 0. The van der Waals surface area contributed by atoms with Crippen LogP contribution in [-0.2, 0) is 0 Å². The van der Waals surface area contributed by atoms with E-state index in [0.717, 1.165) is 0 Å². The van der Waals surface area contributed by atoms with Crippen LogP contribution in [0.25, 0.3) is 0 Å². The molecule has 6 nitrogen and oxygen atoms in total. The summed E-state index contributed by atoms with van der Waals surface area (Å²) in [5.74, 6) is 0. The minimum absolute atomic E-state index is 1.18. The van der Waals surface area contributed by atoms with Crippen LogP contribution in [0.3, 0.4) is 0 Å². The summed E-state index contributed by atoms with van der Waals surface area (Å²) in [6.07, 6.45) is 0. The van der Waals surface area contributed by atoms with Gasteiger partial charge in [0.15, 0.2) is 0 Å². The molecule has 4 bridgehead atoms. The van der Waals surface area contributed by atoms with Gasteiger partial charge in [-0.1, -0.05) is 0 Å². The summed E-state index contributed by atoms with van der Waals surface area (Å²) in [6, 6.07) is 0. The van der Waals surface area contributed by atoms with Gasteiger partial charge in [-0.25, -0.2) is 0 Å². The molecule has 56 valence electrons. The normalized spacial score (nSPS) is 36.0. The van der Waals surface area contributed by atoms with Crippen molar-refractivity contribution >= 4 is 84.2 Å². The van der Waals surface area contributed by atoms with Gasteiger partial charge in [0, 0.05) is 0 Å². The molecule has 0 aromatic carbocycles. The quantitative estimate of drug-likeness (QED) is 0.164. The van der Waals surface area contributed by atoms with Crippen LogP contribution in [0.2, 0.25) is 0 Å². The molecule has 0 spiro atoms. The third-order valence-corrected chi connectivity index (χ3v) is 54.0. The summed E-state index contributed by atoms with van der Waals surface area (Å²) >= 11 is -4.72. The standard InChI is InChI=1S/6HN.4Sb/h6*1H;;;;. The van der Waals surface area contributed by atoms with Gasteiger partial charge in [-0.2, -0.15) is 0 Å². The first kappa shape index (κ1) is 8.35. The molecule has 4 heterocycles. The Labute approximate surface area is 91.8 Å². The van der Waals surface area contributed by atoms with Crippen LogP contribution in [-0.4, -0.2) is 84.2 Å². The topological polar surface area (TPSA) is 72.2 Å². The van der Waals surface area contributed by atoms with E-state index in [4.69, 9.17) is 0 Å². The van der Waals surface area contributed by atoms with Crippen LogP contribution in [0.5, 0.6) is 0 Å². The van der Waals surface area contributed by atoms with Gasteiger partial charge in [0.2, 0.25) is 0 Å². The minimum atomic E-state index is -1.18. The molecule has 10 heavy (non-hydrogen) atoms. The number of nitrogens with one attached hydrogen (secondary N) is 6. The molecule has 4 aliphatic heterocycles. The fraction of sp³-hybridized carbons (Fsp3) is 0. The summed E-state index contributed by atoms with van der Waals surface area (Å²) in [5.41, 5.74) is 0. The molecule has 0 unspecified atom stereocenters. The van der Waals surface area contributed by atoms with Gasteiger partial charge in [0.05, 0.1) is 0 Å². The Hall–Kier alpha value is 3.03. The molecule has 6 N–H and O–H groups in total. The summed E-state index contributed by atoms with van der Waals surface area (Å²) in [5, 5.41) is 0. The Morgan fingerprint density at radius 1 is 0.400 bits per heavy atom. The fourth-order valence-electron chi connectivity index (χ4n) is 0.868. The van der Waals surface area contributed by atoms with E-state index in [9.17, 15) is 0 Å². The average Bonchev–Trinajstić information content (AvgIpc) is 1.82. The molecule has 0 aliphatic carbocycles. The second-order valence-electron chi connectivity index (χ2n) is 1.94. The Bertz CT molecular complexity index is 101. The zero-order valence-corrected chi connectivity index (χ0v) is 15.0. The zero-order valence-electron chi connectivity index (χ0n) is 4.79. The monoisotopic (exact) mass is 574 g/mol. The van der Waals surface area contributed by atoms with Gasteiger partial charge in [0.25, 0.3) is 0 Å². The van der Waals surface area contributed by atoms with Crippen LogP contribution in [0, 0.1) is 0 Å². The predicted octanol–water partition coefficient (Wildman–Crippen LogP) is -4.50. The SMILES string of the molecule is [NH]1[Sb]2[NH][Sb]3[NH][Sb]1[NH][Sb]([NH]2)[NH]3. The maximum absolute atomic E-state index is 3.69. The molecule has 10 heteroatoms. The Morgan fingerprint density at radius 3 is 0.800 bits per heavy atom. The van der Waals surface area contributed by atoms with Gasteiger partial charge >= 0.3 is 94.0 Å². The van der Waals surface area contributed by atoms with Crippen molar-refractivity contribution in [1.82, 2.24) is 9.81 Å². The van der Waals surface area contributed by atoms with Crippen molar-refractivity contribution in [3.05, 3.63) is 0 Å². The van der Waals surface area contributed by atoms with Crippen molar-refractivity contribution in [2.45, 2.75) is 0 Å². The number of hydrogen-bond acceptors (Lipinski definition) is 6. The van der Waals surface area contributed by atoms with E-state index >= 15 is 0 Å². The maximum atomic E-state index is 3.69.